The van der Waals surface area contributed by atoms with Crippen LogP contribution in [-0.2, 0) is 21.4 Å². The predicted molar refractivity (Wildman–Crippen MR) is 79.6 cm³/mol. The van der Waals surface area contributed by atoms with Crippen molar-refractivity contribution in [3.63, 3.8) is 0 Å². The zero-order valence-electron chi connectivity index (χ0n) is 11.6. The van der Waals surface area contributed by atoms with Crippen LogP contribution in [0.5, 0.6) is 0 Å². The van der Waals surface area contributed by atoms with Crippen molar-refractivity contribution in [2.75, 3.05) is 17.5 Å². The number of benzene rings is 1. The molecule has 2 aromatic rings. The van der Waals surface area contributed by atoms with Gasteiger partial charge in [0.05, 0.1) is 25.4 Å². The molecule has 22 heavy (non-hydrogen) atoms. The number of hydrogen-bond donors (Lipinski definition) is 0. The highest BCUT2D eigenvalue weighted by molar-refractivity contribution is 7.92. The van der Waals surface area contributed by atoms with Gasteiger partial charge in [0.1, 0.15) is 11.0 Å². The normalized spacial score (nSPS) is 14.8. The molecular formula is C15H13N3O3S. The lowest BCUT2D eigenvalue weighted by Crippen LogP contribution is -2.34. The van der Waals surface area contributed by atoms with Gasteiger partial charge in [-0.3, -0.25) is 4.31 Å². The van der Waals surface area contributed by atoms with Gasteiger partial charge in [0.2, 0.25) is 0 Å². The summed E-state index contributed by atoms with van der Waals surface area (Å²) in [6.07, 6.45) is 1.40. The number of fused-ring (bicyclic) bond motifs is 1. The molecule has 1 aliphatic rings. The van der Waals surface area contributed by atoms with Gasteiger partial charge < -0.3 is 4.74 Å². The van der Waals surface area contributed by atoms with Crippen LogP contribution in [-0.4, -0.2) is 26.6 Å². The molecule has 7 heteroatoms. The largest absolute Gasteiger partial charge is 0.375 e. The first-order valence-electron chi connectivity index (χ1n) is 6.68. The Kier molecular flexibility index (Phi) is 3.79. The summed E-state index contributed by atoms with van der Waals surface area (Å²) in [6, 6.07) is 11.9. The Hall–Kier alpha value is -2.43. The molecule has 0 bridgehead atoms. The molecular weight excluding hydrogens is 302 g/mol. The molecule has 0 amide bonds. The van der Waals surface area contributed by atoms with Gasteiger partial charge >= 0.3 is 0 Å². The molecule has 2 heterocycles. The second-order valence-electron chi connectivity index (χ2n) is 4.72. The van der Waals surface area contributed by atoms with Crippen LogP contribution >= 0.6 is 0 Å². The summed E-state index contributed by atoms with van der Waals surface area (Å²) >= 11 is 0. The standard InChI is InChI=1S/C15H13N3O3S/c16-10-13-15(6-3-7-17-13)22(19,20)18-8-9-21-11-12-4-1-2-5-14(12)18/h1-7H,8-9,11H2. The zero-order chi connectivity index (χ0) is 15.6. The van der Waals surface area contributed by atoms with E-state index in [9.17, 15) is 8.42 Å². The summed E-state index contributed by atoms with van der Waals surface area (Å²) in [7, 11) is -3.87. The van der Waals surface area contributed by atoms with Gasteiger partial charge in [0.25, 0.3) is 10.0 Å². The van der Waals surface area contributed by atoms with E-state index in [2.05, 4.69) is 4.98 Å². The number of ether oxygens (including phenoxy) is 1. The van der Waals surface area contributed by atoms with Crippen molar-refractivity contribution in [2.24, 2.45) is 0 Å². The Morgan fingerprint density at radius 2 is 2.05 bits per heavy atom. The van der Waals surface area contributed by atoms with E-state index in [1.54, 1.807) is 12.1 Å². The number of pyridine rings is 1. The molecule has 1 aromatic heterocycles. The summed E-state index contributed by atoms with van der Waals surface area (Å²) in [5.41, 5.74) is 1.27. The van der Waals surface area contributed by atoms with Crippen LogP contribution in [0.15, 0.2) is 47.5 Å². The molecule has 0 aliphatic carbocycles. The number of nitriles is 1. The minimum Gasteiger partial charge on any atom is -0.375 e. The highest BCUT2D eigenvalue weighted by Crippen LogP contribution is 2.29. The number of para-hydroxylation sites is 1. The molecule has 6 nitrogen and oxygen atoms in total. The second-order valence-corrected chi connectivity index (χ2v) is 6.55. The first-order chi connectivity index (χ1) is 10.6. The fraction of sp³-hybridized carbons (Fsp3) is 0.200. The van der Waals surface area contributed by atoms with E-state index in [1.165, 1.54) is 22.6 Å². The van der Waals surface area contributed by atoms with E-state index >= 15 is 0 Å². The SMILES string of the molecule is N#Cc1ncccc1S(=O)(=O)N1CCOCc2ccccc21. The van der Waals surface area contributed by atoms with E-state index in [-0.39, 0.29) is 23.7 Å². The number of hydrogen-bond acceptors (Lipinski definition) is 5. The van der Waals surface area contributed by atoms with Gasteiger partial charge in [-0.1, -0.05) is 18.2 Å². The van der Waals surface area contributed by atoms with Crippen molar-refractivity contribution < 1.29 is 13.2 Å². The molecule has 0 fully saturated rings. The lowest BCUT2D eigenvalue weighted by atomic mass is 10.2. The molecule has 0 N–H and O–H groups in total. The van der Waals surface area contributed by atoms with Gasteiger partial charge in [0.15, 0.2) is 5.69 Å². The molecule has 0 atom stereocenters. The van der Waals surface area contributed by atoms with Crippen molar-refractivity contribution in [1.82, 2.24) is 4.98 Å². The second kappa shape index (κ2) is 5.75. The van der Waals surface area contributed by atoms with E-state index in [0.29, 0.717) is 12.3 Å². The molecule has 0 saturated heterocycles. The Morgan fingerprint density at radius 3 is 2.86 bits per heavy atom. The third-order valence-corrected chi connectivity index (χ3v) is 5.25. The molecule has 3 rings (SSSR count). The minimum atomic E-state index is -3.87. The van der Waals surface area contributed by atoms with Crippen LogP contribution in [0.1, 0.15) is 11.3 Å². The summed E-state index contributed by atoms with van der Waals surface area (Å²) in [5, 5.41) is 9.11. The number of nitrogens with zero attached hydrogens (tertiary/aromatic N) is 3. The lowest BCUT2D eigenvalue weighted by molar-refractivity contribution is 0.133. The predicted octanol–water partition coefficient (Wildman–Crippen LogP) is 1.68. The van der Waals surface area contributed by atoms with Crippen LogP contribution in [0.2, 0.25) is 0 Å². The summed E-state index contributed by atoms with van der Waals surface area (Å²) in [5.74, 6) is 0. The molecule has 0 unspecified atom stereocenters. The first-order valence-corrected chi connectivity index (χ1v) is 8.12. The highest BCUT2D eigenvalue weighted by atomic mass is 32.2. The van der Waals surface area contributed by atoms with Crippen LogP contribution < -0.4 is 4.31 Å². The quantitative estimate of drug-likeness (QED) is 0.842. The molecule has 1 aromatic carbocycles. The smallest absolute Gasteiger partial charge is 0.267 e. The van der Waals surface area contributed by atoms with Crippen molar-refractivity contribution in [3.05, 3.63) is 53.9 Å². The van der Waals surface area contributed by atoms with Crippen LogP contribution in [0.3, 0.4) is 0 Å². The third kappa shape index (κ3) is 2.43. The fourth-order valence-electron chi connectivity index (χ4n) is 2.38. The third-order valence-electron chi connectivity index (χ3n) is 3.40. The minimum absolute atomic E-state index is 0.0887. The van der Waals surface area contributed by atoms with Gasteiger partial charge in [-0.05, 0) is 18.2 Å². The van der Waals surface area contributed by atoms with Crippen LogP contribution in [0.25, 0.3) is 0 Å². The Bertz CT molecular complexity index is 843. The number of aromatic nitrogens is 1. The number of anilines is 1. The average molecular weight is 315 g/mol. The number of sulfonamides is 1. The van der Waals surface area contributed by atoms with Crippen molar-refractivity contribution in [3.8, 4) is 6.07 Å². The zero-order valence-corrected chi connectivity index (χ0v) is 12.5. The molecule has 0 saturated carbocycles. The Morgan fingerprint density at radius 1 is 1.23 bits per heavy atom. The summed E-state index contributed by atoms with van der Waals surface area (Å²) in [4.78, 5) is 3.75. The average Bonchev–Trinajstić information content (AvgIpc) is 2.77. The van der Waals surface area contributed by atoms with Crippen LogP contribution in [0, 0.1) is 11.3 Å². The maximum Gasteiger partial charge on any atom is 0.267 e. The molecule has 0 radical (unpaired) electrons. The molecule has 0 spiro atoms. The summed E-state index contributed by atoms with van der Waals surface area (Å²) in [6.45, 7) is 0.843. The van der Waals surface area contributed by atoms with Crippen molar-refractivity contribution in [2.45, 2.75) is 11.5 Å². The van der Waals surface area contributed by atoms with E-state index < -0.39 is 10.0 Å². The van der Waals surface area contributed by atoms with Gasteiger partial charge in [-0.2, -0.15) is 5.26 Å². The van der Waals surface area contributed by atoms with Crippen molar-refractivity contribution >= 4 is 15.7 Å². The Labute approximate surface area is 128 Å². The number of rotatable bonds is 2. The van der Waals surface area contributed by atoms with Crippen molar-refractivity contribution in [1.29, 1.82) is 5.26 Å². The molecule has 1 aliphatic heterocycles. The van der Waals surface area contributed by atoms with Crippen LogP contribution in [0.4, 0.5) is 5.69 Å². The topological polar surface area (TPSA) is 83.3 Å². The highest BCUT2D eigenvalue weighted by Gasteiger charge is 2.30. The summed E-state index contributed by atoms with van der Waals surface area (Å²) < 4.78 is 32.7. The van der Waals surface area contributed by atoms with Gasteiger partial charge in [-0.15, -0.1) is 0 Å². The Balaban J connectivity index is 2.16. The van der Waals surface area contributed by atoms with Gasteiger partial charge in [0, 0.05) is 11.8 Å². The van der Waals surface area contributed by atoms with E-state index in [1.807, 2.05) is 18.2 Å². The first kappa shape index (κ1) is 14.5. The lowest BCUT2D eigenvalue weighted by Gasteiger charge is -2.24. The monoisotopic (exact) mass is 315 g/mol. The fourth-order valence-corrected chi connectivity index (χ4v) is 3.96. The van der Waals surface area contributed by atoms with E-state index in [4.69, 9.17) is 10.00 Å². The maximum absolute atomic E-state index is 13.0. The van der Waals surface area contributed by atoms with Gasteiger partial charge in [-0.25, -0.2) is 13.4 Å². The maximum atomic E-state index is 13.0. The molecule has 112 valence electrons. The van der Waals surface area contributed by atoms with E-state index in [0.717, 1.165) is 5.56 Å².